The number of halogens is 1. The maximum atomic E-state index is 13.1. The van der Waals surface area contributed by atoms with Gasteiger partial charge in [-0.1, -0.05) is 12.1 Å². The van der Waals surface area contributed by atoms with Gasteiger partial charge in [0.15, 0.2) is 0 Å². The van der Waals surface area contributed by atoms with Gasteiger partial charge in [-0.05, 0) is 68.3 Å². The van der Waals surface area contributed by atoms with Crippen LogP contribution in [0.5, 0.6) is 0 Å². The van der Waals surface area contributed by atoms with Crippen LogP contribution in [0.15, 0.2) is 24.3 Å². The van der Waals surface area contributed by atoms with Crippen molar-refractivity contribution in [3.63, 3.8) is 0 Å². The van der Waals surface area contributed by atoms with Crippen LogP contribution in [0.4, 0.5) is 4.39 Å². The Bertz CT molecular complexity index is 650. The number of aliphatic hydroxyl groups is 1. The van der Waals surface area contributed by atoms with Crippen molar-refractivity contribution in [3.8, 4) is 0 Å². The highest BCUT2D eigenvalue weighted by Gasteiger charge is 2.44. The van der Waals surface area contributed by atoms with E-state index in [0.717, 1.165) is 44.5 Å². The summed E-state index contributed by atoms with van der Waals surface area (Å²) in [5.41, 5.74) is 0.0405. The molecule has 1 spiro atoms. The molecule has 3 heterocycles. The lowest BCUT2D eigenvalue weighted by Crippen LogP contribution is -2.50. The summed E-state index contributed by atoms with van der Waals surface area (Å²) < 4.78 is 13.1. The van der Waals surface area contributed by atoms with Gasteiger partial charge in [0.2, 0.25) is 5.91 Å². The molecule has 0 aromatic heterocycles. The van der Waals surface area contributed by atoms with Gasteiger partial charge in [0.05, 0.1) is 11.6 Å². The first-order valence-electron chi connectivity index (χ1n) is 9.71. The number of carbonyl (C=O) groups excluding carboxylic acids is 1. The lowest BCUT2D eigenvalue weighted by molar-refractivity contribution is -0.137. The monoisotopic (exact) mass is 361 g/mol. The van der Waals surface area contributed by atoms with Crippen LogP contribution in [0.3, 0.4) is 0 Å². The molecule has 1 aromatic rings. The molecular formula is C20H28FN3O2. The van der Waals surface area contributed by atoms with Gasteiger partial charge in [-0.3, -0.25) is 4.79 Å². The van der Waals surface area contributed by atoms with E-state index >= 15 is 0 Å². The van der Waals surface area contributed by atoms with Crippen LogP contribution in [-0.4, -0.2) is 54.7 Å². The molecule has 3 aliphatic rings. The Morgan fingerprint density at radius 2 is 1.77 bits per heavy atom. The summed E-state index contributed by atoms with van der Waals surface area (Å²) in [6.45, 7) is 4.09. The first-order valence-corrected chi connectivity index (χ1v) is 9.71. The molecule has 3 aliphatic heterocycles. The predicted molar refractivity (Wildman–Crippen MR) is 97.1 cm³/mol. The van der Waals surface area contributed by atoms with Crippen LogP contribution in [-0.2, 0) is 10.4 Å². The third-order valence-corrected chi connectivity index (χ3v) is 6.61. The van der Waals surface area contributed by atoms with E-state index < -0.39 is 5.60 Å². The molecule has 0 unspecified atom stereocenters. The number of hydrogen-bond donors (Lipinski definition) is 3. The van der Waals surface area contributed by atoms with Gasteiger partial charge in [-0.2, -0.15) is 0 Å². The molecule has 0 aliphatic carbocycles. The molecule has 6 heteroatoms. The van der Waals surface area contributed by atoms with Crippen molar-refractivity contribution in [3.05, 3.63) is 35.6 Å². The Labute approximate surface area is 154 Å². The molecule has 0 saturated carbocycles. The molecular weight excluding hydrogens is 333 g/mol. The summed E-state index contributed by atoms with van der Waals surface area (Å²) in [6.07, 6.45) is 4.17. The topological polar surface area (TPSA) is 64.6 Å². The maximum absolute atomic E-state index is 13.1. The van der Waals surface area contributed by atoms with E-state index in [1.54, 1.807) is 12.1 Å². The number of nitrogens with one attached hydrogen (secondary N) is 2. The van der Waals surface area contributed by atoms with Crippen molar-refractivity contribution in [1.29, 1.82) is 0 Å². The minimum absolute atomic E-state index is 0.0925. The second-order valence-electron chi connectivity index (χ2n) is 8.25. The summed E-state index contributed by atoms with van der Waals surface area (Å²) in [4.78, 5) is 14.8. The first kappa shape index (κ1) is 17.9. The molecule has 142 valence electrons. The Balaban J connectivity index is 1.36. The summed E-state index contributed by atoms with van der Waals surface area (Å²) in [5.74, 6) is -0.134. The number of benzene rings is 1. The minimum atomic E-state index is -0.968. The largest absolute Gasteiger partial charge is 0.385 e. The zero-order chi connectivity index (χ0) is 18.2. The molecule has 0 radical (unpaired) electrons. The number of likely N-dealkylation sites (tertiary alicyclic amines) is 1. The summed E-state index contributed by atoms with van der Waals surface area (Å²) in [6, 6.07) is 5.96. The van der Waals surface area contributed by atoms with E-state index in [4.69, 9.17) is 0 Å². The van der Waals surface area contributed by atoms with Gasteiger partial charge in [-0.15, -0.1) is 0 Å². The van der Waals surface area contributed by atoms with E-state index in [9.17, 15) is 14.3 Å². The van der Waals surface area contributed by atoms with Gasteiger partial charge < -0.3 is 20.6 Å². The van der Waals surface area contributed by atoms with Gasteiger partial charge in [0.25, 0.3) is 0 Å². The van der Waals surface area contributed by atoms with E-state index in [-0.39, 0.29) is 23.2 Å². The van der Waals surface area contributed by atoms with Crippen LogP contribution < -0.4 is 10.6 Å². The SMILES string of the molecule is O=C([C@H]1CC2(CCNCC2)CN1)N1CCC(O)(c2ccc(F)cc2)CC1. The molecule has 3 saturated heterocycles. The van der Waals surface area contributed by atoms with Crippen LogP contribution in [0.2, 0.25) is 0 Å². The average Bonchev–Trinajstić information content (AvgIpc) is 3.06. The number of hydrogen-bond acceptors (Lipinski definition) is 4. The Morgan fingerprint density at radius 3 is 2.42 bits per heavy atom. The Hall–Kier alpha value is -1.50. The van der Waals surface area contributed by atoms with Crippen LogP contribution in [0.25, 0.3) is 0 Å². The van der Waals surface area contributed by atoms with Gasteiger partial charge in [-0.25, -0.2) is 4.39 Å². The van der Waals surface area contributed by atoms with Crippen LogP contribution in [0, 0.1) is 11.2 Å². The zero-order valence-electron chi connectivity index (χ0n) is 15.1. The number of piperidine rings is 2. The number of rotatable bonds is 2. The molecule has 1 atom stereocenters. The molecule has 3 fully saturated rings. The van der Waals surface area contributed by atoms with Crippen molar-refractivity contribution in [2.75, 3.05) is 32.7 Å². The van der Waals surface area contributed by atoms with Crippen LogP contribution >= 0.6 is 0 Å². The lowest BCUT2D eigenvalue weighted by Gasteiger charge is -2.39. The molecule has 5 nitrogen and oxygen atoms in total. The summed E-state index contributed by atoms with van der Waals surface area (Å²) >= 11 is 0. The summed E-state index contributed by atoms with van der Waals surface area (Å²) in [7, 11) is 0. The van der Waals surface area contributed by atoms with Crippen molar-refractivity contribution in [1.82, 2.24) is 15.5 Å². The average molecular weight is 361 g/mol. The smallest absolute Gasteiger partial charge is 0.239 e. The molecule has 4 rings (SSSR count). The molecule has 0 bridgehead atoms. The fourth-order valence-corrected chi connectivity index (χ4v) is 4.80. The quantitative estimate of drug-likeness (QED) is 0.744. The van der Waals surface area contributed by atoms with E-state index in [1.807, 2.05) is 4.90 Å². The summed E-state index contributed by atoms with van der Waals surface area (Å²) in [5, 5.41) is 17.8. The minimum Gasteiger partial charge on any atom is -0.385 e. The van der Waals surface area contributed by atoms with Crippen molar-refractivity contribution in [2.45, 2.75) is 43.7 Å². The third-order valence-electron chi connectivity index (χ3n) is 6.61. The van der Waals surface area contributed by atoms with Crippen LogP contribution in [0.1, 0.15) is 37.7 Å². The van der Waals surface area contributed by atoms with Gasteiger partial charge in [0, 0.05) is 19.6 Å². The second-order valence-corrected chi connectivity index (χ2v) is 8.25. The molecule has 3 N–H and O–H groups in total. The van der Waals surface area contributed by atoms with E-state index in [0.29, 0.717) is 25.9 Å². The molecule has 26 heavy (non-hydrogen) atoms. The lowest BCUT2D eigenvalue weighted by atomic mass is 9.77. The van der Waals surface area contributed by atoms with E-state index in [2.05, 4.69) is 10.6 Å². The molecule has 1 aromatic carbocycles. The highest BCUT2D eigenvalue weighted by molar-refractivity contribution is 5.82. The zero-order valence-corrected chi connectivity index (χ0v) is 15.1. The first-order chi connectivity index (χ1) is 12.5. The third kappa shape index (κ3) is 3.38. The van der Waals surface area contributed by atoms with Gasteiger partial charge >= 0.3 is 0 Å². The van der Waals surface area contributed by atoms with Crippen molar-refractivity contribution in [2.24, 2.45) is 5.41 Å². The number of carbonyl (C=O) groups is 1. The van der Waals surface area contributed by atoms with Crippen molar-refractivity contribution < 1.29 is 14.3 Å². The number of nitrogens with zero attached hydrogens (tertiary/aromatic N) is 1. The van der Waals surface area contributed by atoms with Crippen molar-refractivity contribution >= 4 is 5.91 Å². The number of amides is 1. The fourth-order valence-electron chi connectivity index (χ4n) is 4.80. The fraction of sp³-hybridized carbons (Fsp3) is 0.650. The van der Waals surface area contributed by atoms with E-state index in [1.165, 1.54) is 12.1 Å². The Kier molecular flexibility index (Phi) is 4.75. The Morgan fingerprint density at radius 1 is 1.12 bits per heavy atom. The highest BCUT2D eigenvalue weighted by Crippen LogP contribution is 2.39. The van der Waals surface area contributed by atoms with Gasteiger partial charge in [0.1, 0.15) is 5.82 Å². The predicted octanol–water partition coefficient (Wildman–Crippen LogP) is 1.37. The maximum Gasteiger partial charge on any atom is 0.239 e. The molecule has 1 amide bonds. The standard InChI is InChI=1S/C20H28FN3O2/c21-16-3-1-15(2-4-16)20(26)7-11-24(12-8-20)18(25)17-13-19(14-23-17)5-9-22-10-6-19/h1-4,17,22-23,26H,5-14H2/t17-/m1/s1. The second kappa shape index (κ2) is 6.91. The normalized spacial score (nSPS) is 27.6. The highest BCUT2D eigenvalue weighted by atomic mass is 19.1.